The molecule has 0 fully saturated rings. The van der Waals surface area contributed by atoms with Gasteiger partial charge in [-0.2, -0.15) is 5.10 Å². The highest BCUT2D eigenvalue weighted by Gasteiger charge is 2.29. The minimum atomic E-state index is -1.07. The zero-order valence-corrected chi connectivity index (χ0v) is 10.1. The van der Waals surface area contributed by atoms with Gasteiger partial charge in [-0.05, 0) is 18.6 Å². The van der Waals surface area contributed by atoms with E-state index >= 15 is 0 Å². The molecule has 0 radical (unpaired) electrons. The van der Waals surface area contributed by atoms with Crippen molar-refractivity contribution in [1.29, 1.82) is 0 Å². The van der Waals surface area contributed by atoms with E-state index in [0.29, 0.717) is 0 Å². The Morgan fingerprint density at radius 3 is 2.44 bits per heavy atom. The maximum Gasteiger partial charge on any atom is 0.129 e. The average Bonchev–Trinajstić information content (AvgIpc) is 2.84. The standard InChI is InChI=1S/C15H14N2O/c1-15(18,11-7-3-2-4-8-11)14-12-9-5-6-10-13(12)16-17-14/h2-10,18H,1H3,(H,16,17). The van der Waals surface area contributed by atoms with Crippen molar-refractivity contribution in [2.45, 2.75) is 12.5 Å². The molecule has 0 aliphatic heterocycles. The topological polar surface area (TPSA) is 48.9 Å². The van der Waals surface area contributed by atoms with E-state index in [9.17, 15) is 5.11 Å². The minimum Gasteiger partial charge on any atom is -0.379 e. The number of aliphatic hydroxyl groups is 1. The van der Waals surface area contributed by atoms with Crippen molar-refractivity contribution in [1.82, 2.24) is 10.2 Å². The van der Waals surface area contributed by atoms with Gasteiger partial charge in [-0.15, -0.1) is 0 Å². The van der Waals surface area contributed by atoms with Gasteiger partial charge in [0.1, 0.15) is 5.60 Å². The van der Waals surface area contributed by atoms with Crippen LogP contribution in [-0.4, -0.2) is 15.3 Å². The van der Waals surface area contributed by atoms with Crippen LogP contribution in [-0.2, 0) is 5.60 Å². The van der Waals surface area contributed by atoms with Crippen LogP contribution in [0, 0.1) is 0 Å². The van der Waals surface area contributed by atoms with Crippen molar-refractivity contribution in [3.05, 3.63) is 65.9 Å². The van der Waals surface area contributed by atoms with Gasteiger partial charge in [0, 0.05) is 5.39 Å². The molecule has 1 unspecified atom stereocenters. The molecule has 1 aromatic heterocycles. The molecule has 1 atom stereocenters. The number of benzene rings is 2. The lowest BCUT2D eigenvalue weighted by Gasteiger charge is -2.22. The Kier molecular flexibility index (Phi) is 2.42. The zero-order chi connectivity index (χ0) is 12.6. The molecule has 3 aromatic rings. The summed E-state index contributed by atoms with van der Waals surface area (Å²) in [6, 6.07) is 17.4. The number of hydrogen-bond donors (Lipinski definition) is 2. The number of nitrogens with zero attached hydrogens (tertiary/aromatic N) is 1. The molecule has 18 heavy (non-hydrogen) atoms. The first kappa shape index (κ1) is 11.0. The van der Waals surface area contributed by atoms with Crippen LogP contribution in [0.2, 0.25) is 0 Å². The number of nitrogens with one attached hydrogen (secondary N) is 1. The average molecular weight is 238 g/mol. The number of aromatic amines is 1. The summed E-state index contributed by atoms with van der Waals surface area (Å²) in [5.41, 5.74) is 1.37. The Morgan fingerprint density at radius 1 is 1.00 bits per heavy atom. The first-order valence-electron chi connectivity index (χ1n) is 5.91. The highest BCUT2D eigenvalue weighted by atomic mass is 16.3. The molecule has 3 heteroatoms. The molecule has 2 N–H and O–H groups in total. The largest absolute Gasteiger partial charge is 0.379 e. The van der Waals surface area contributed by atoms with E-state index in [1.807, 2.05) is 54.6 Å². The van der Waals surface area contributed by atoms with Gasteiger partial charge in [-0.1, -0.05) is 48.5 Å². The summed E-state index contributed by atoms with van der Waals surface area (Å²) < 4.78 is 0. The Morgan fingerprint density at radius 2 is 1.67 bits per heavy atom. The van der Waals surface area contributed by atoms with Gasteiger partial charge in [0.05, 0.1) is 11.2 Å². The second-order valence-electron chi connectivity index (χ2n) is 4.55. The van der Waals surface area contributed by atoms with E-state index in [4.69, 9.17) is 0 Å². The second-order valence-corrected chi connectivity index (χ2v) is 4.55. The zero-order valence-electron chi connectivity index (χ0n) is 10.1. The molecule has 0 saturated heterocycles. The summed E-state index contributed by atoms with van der Waals surface area (Å²) >= 11 is 0. The summed E-state index contributed by atoms with van der Waals surface area (Å²) in [7, 11) is 0. The van der Waals surface area contributed by atoms with Gasteiger partial charge >= 0.3 is 0 Å². The van der Waals surface area contributed by atoms with Crippen molar-refractivity contribution < 1.29 is 5.11 Å². The number of aromatic nitrogens is 2. The van der Waals surface area contributed by atoms with Crippen LogP contribution in [0.15, 0.2) is 54.6 Å². The summed E-state index contributed by atoms with van der Waals surface area (Å²) in [5.74, 6) is 0. The maximum atomic E-state index is 10.8. The van der Waals surface area contributed by atoms with Gasteiger partial charge in [-0.3, -0.25) is 5.10 Å². The number of fused-ring (bicyclic) bond motifs is 1. The molecule has 0 aliphatic rings. The smallest absolute Gasteiger partial charge is 0.129 e. The third-order valence-corrected chi connectivity index (χ3v) is 3.28. The fourth-order valence-electron chi connectivity index (χ4n) is 2.24. The molecule has 3 nitrogen and oxygen atoms in total. The van der Waals surface area contributed by atoms with Gasteiger partial charge in [0.15, 0.2) is 0 Å². The normalized spacial score (nSPS) is 14.6. The fraction of sp³-hybridized carbons (Fsp3) is 0.133. The second kappa shape index (κ2) is 3.96. The van der Waals surface area contributed by atoms with E-state index in [1.165, 1.54) is 0 Å². The molecule has 90 valence electrons. The SMILES string of the molecule is CC(O)(c1ccccc1)c1[nH]nc2ccccc12. The van der Waals surface area contributed by atoms with Crippen LogP contribution in [0.5, 0.6) is 0 Å². The number of hydrogen-bond acceptors (Lipinski definition) is 2. The molecule has 0 bridgehead atoms. The quantitative estimate of drug-likeness (QED) is 0.721. The summed E-state index contributed by atoms with van der Waals surface area (Å²) in [4.78, 5) is 0. The molecule has 0 saturated carbocycles. The van der Waals surface area contributed by atoms with Crippen molar-refractivity contribution in [3.8, 4) is 0 Å². The molecule has 2 aromatic carbocycles. The Labute approximate surface area is 105 Å². The lowest BCUT2D eigenvalue weighted by molar-refractivity contribution is 0.0988. The Hall–Kier alpha value is -2.13. The monoisotopic (exact) mass is 238 g/mol. The molecule has 0 amide bonds. The van der Waals surface area contributed by atoms with E-state index in [-0.39, 0.29) is 0 Å². The van der Waals surface area contributed by atoms with Crippen LogP contribution in [0.3, 0.4) is 0 Å². The molecular formula is C15H14N2O. The molecule has 0 spiro atoms. The lowest BCUT2D eigenvalue weighted by Crippen LogP contribution is -2.23. The summed E-state index contributed by atoms with van der Waals surface area (Å²) in [5, 5.41) is 18.9. The van der Waals surface area contributed by atoms with Crippen molar-refractivity contribution in [3.63, 3.8) is 0 Å². The fourth-order valence-corrected chi connectivity index (χ4v) is 2.24. The predicted octanol–water partition coefficient (Wildman–Crippen LogP) is 2.82. The van der Waals surface area contributed by atoms with E-state index in [1.54, 1.807) is 6.92 Å². The summed E-state index contributed by atoms with van der Waals surface area (Å²) in [6.45, 7) is 1.78. The number of H-pyrrole nitrogens is 1. The Balaban J connectivity index is 2.20. The Bertz CT molecular complexity index is 671. The molecule has 3 rings (SSSR count). The van der Waals surface area contributed by atoms with E-state index in [0.717, 1.165) is 22.2 Å². The van der Waals surface area contributed by atoms with Crippen molar-refractivity contribution in [2.24, 2.45) is 0 Å². The van der Waals surface area contributed by atoms with Gasteiger partial charge in [-0.25, -0.2) is 0 Å². The van der Waals surface area contributed by atoms with E-state index in [2.05, 4.69) is 10.2 Å². The predicted molar refractivity (Wildman–Crippen MR) is 71.2 cm³/mol. The van der Waals surface area contributed by atoms with Gasteiger partial charge < -0.3 is 5.11 Å². The highest BCUT2D eigenvalue weighted by molar-refractivity contribution is 5.82. The van der Waals surface area contributed by atoms with Crippen LogP contribution < -0.4 is 0 Å². The lowest BCUT2D eigenvalue weighted by atomic mass is 9.91. The third-order valence-electron chi connectivity index (χ3n) is 3.28. The van der Waals surface area contributed by atoms with Gasteiger partial charge in [0.2, 0.25) is 0 Å². The maximum absolute atomic E-state index is 10.8. The van der Waals surface area contributed by atoms with Crippen molar-refractivity contribution >= 4 is 10.9 Å². The van der Waals surface area contributed by atoms with Crippen molar-refractivity contribution in [2.75, 3.05) is 0 Å². The number of para-hydroxylation sites is 1. The molecule has 1 heterocycles. The minimum absolute atomic E-state index is 0.726. The first-order valence-corrected chi connectivity index (χ1v) is 5.91. The van der Waals surface area contributed by atoms with Crippen LogP contribution >= 0.6 is 0 Å². The molecular weight excluding hydrogens is 224 g/mol. The van der Waals surface area contributed by atoms with Crippen LogP contribution in [0.1, 0.15) is 18.2 Å². The van der Waals surface area contributed by atoms with E-state index < -0.39 is 5.60 Å². The van der Waals surface area contributed by atoms with Gasteiger partial charge in [0.25, 0.3) is 0 Å². The number of rotatable bonds is 2. The third kappa shape index (κ3) is 1.60. The molecule has 0 aliphatic carbocycles. The highest BCUT2D eigenvalue weighted by Crippen LogP contribution is 2.32. The van der Waals surface area contributed by atoms with Crippen LogP contribution in [0.25, 0.3) is 10.9 Å². The van der Waals surface area contributed by atoms with Crippen LogP contribution in [0.4, 0.5) is 0 Å². The first-order chi connectivity index (χ1) is 8.69. The summed E-state index contributed by atoms with van der Waals surface area (Å²) in [6.07, 6.45) is 0.